The van der Waals surface area contributed by atoms with Gasteiger partial charge in [-0.25, -0.2) is 0 Å². The van der Waals surface area contributed by atoms with Gasteiger partial charge in [0.2, 0.25) is 0 Å². The molecule has 0 saturated heterocycles. The molecule has 1 atom stereocenters. The summed E-state index contributed by atoms with van der Waals surface area (Å²) in [5.74, 6) is -0.0205. The number of benzene rings is 2. The molecule has 0 aliphatic carbocycles. The van der Waals surface area contributed by atoms with Gasteiger partial charge in [0.05, 0.1) is 10.0 Å². The van der Waals surface area contributed by atoms with Crippen LogP contribution in [0.3, 0.4) is 0 Å². The second kappa shape index (κ2) is 7.03. The lowest BCUT2D eigenvalue weighted by Gasteiger charge is -2.16. The molecule has 2 aromatic rings. The molecule has 2 aromatic carbocycles. The molecular formula is C15H12Cl3NO2. The van der Waals surface area contributed by atoms with Gasteiger partial charge in [0.25, 0.3) is 5.91 Å². The second-order valence-electron chi connectivity index (χ2n) is 4.31. The number of carbonyl (C=O) groups is 1. The second-order valence-corrected chi connectivity index (χ2v) is 5.56. The zero-order valence-electron chi connectivity index (χ0n) is 11.1. The van der Waals surface area contributed by atoms with Crippen LogP contribution >= 0.6 is 34.8 Å². The van der Waals surface area contributed by atoms with Crippen molar-refractivity contribution in [2.24, 2.45) is 0 Å². The summed E-state index contributed by atoms with van der Waals surface area (Å²) in [6.45, 7) is 1.62. The molecule has 1 N–H and O–H groups in total. The average Bonchev–Trinajstić information content (AvgIpc) is 2.45. The van der Waals surface area contributed by atoms with Gasteiger partial charge in [-0.3, -0.25) is 4.79 Å². The molecule has 0 radical (unpaired) electrons. The zero-order chi connectivity index (χ0) is 15.4. The molecule has 21 heavy (non-hydrogen) atoms. The van der Waals surface area contributed by atoms with Crippen molar-refractivity contribution in [2.45, 2.75) is 13.0 Å². The molecule has 1 amide bonds. The maximum absolute atomic E-state index is 12.1. The van der Waals surface area contributed by atoms with Crippen LogP contribution in [-0.4, -0.2) is 12.0 Å². The third kappa shape index (κ3) is 4.27. The predicted molar refractivity (Wildman–Crippen MR) is 86.6 cm³/mol. The number of hydrogen-bond donors (Lipinski definition) is 1. The normalized spacial score (nSPS) is 11.8. The third-order valence-electron chi connectivity index (χ3n) is 2.69. The van der Waals surface area contributed by atoms with Gasteiger partial charge in [0.15, 0.2) is 11.9 Å². The molecule has 3 nitrogen and oxygen atoms in total. The fourth-order valence-electron chi connectivity index (χ4n) is 1.60. The Balaban J connectivity index is 2.04. The van der Waals surface area contributed by atoms with Gasteiger partial charge in [-0.1, -0.05) is 40.9 Å². The maximum Gasteiger partial charge on any atom is 0.265 e. The summed E-state index contributed by atoms with van der Waals surface area (Å²) in [5, 5.41) is 4.03. The Kier molecular flexibility index (Phi) is 5.34. The summed E-state index contributed by atoms with van der Waals surface area (Å²) in [6, 6.07) is 11.8. The first-order valence-corrected chi connectivity index (χ1v) is 7.28. The van der Waals surface area contributed by atoms with E-state index in [1.165, 1.54) is 0 Å². The molecule has 0 saturated carbocycles. The number of rotatable bonds is 4. The van der Waals surface area contributed by atoms with Crippen molar-refractivity contribution in [2.75, 3.05) is 5.32 Å². The van der Waals surface area contributed by atoms with E-state index in [0.717, 1.165) is 0 Å². The van der Waals surface area contributed by atoms with Crippen LogP contribution in [0.2, 0.25) is 15.1 Å². The van der Waals surface area contributed by atoms with Gasteiger partial charge in [0.1, 0.15) is 0 Å². The fraction of sp³-hybridized carbons (Fsp3) is 0.133. The summed E-state index contributed by atoms with van der Waals surface area (Å²) in [7, 11) is 0. The minimum Gasteiger partial charge on any atom is -0.478 e. The standard InChI is InChI=1S/C15H12Cl3NO2/c1-9(21-14-12(17)3-2-4-13(14)18)15(20)19-11-7-5-10(16)6-8-11/h2-9H,1H3,(H,19,20). The number of amides is 1. The first-order valence-electron chi connectivity index (χ1n) is 6.14. The van der Waals surface area contributed by atoms with Crippen LogP contribution in [0.1, 0.15) is 6.92 Å². The topological polar surface area (TPSA) is 38.3 Å². The Morgan fingerprint density at radius 2 is 1.62 bits per heavy atom. The van der Waals surface area contributed by atoms with E-state index in [9.17, 15) is 4.79 Å². The molecule has 0 aromatic heterocycles. The number of para-hydroxylation sites is 1. The Morgan fingerprint density at radius 3 is 2.19 bits per heavy atom. The smallest absolute Gasteiger partial charge is 0.265 e. The number of halogens is 3. The van der Waals surface area contributed by atoms with Crippen molar-refractivity contribution in [3.8, 4) is 5.75 Å². The molecule has 0 spiro atoms. The molecular weight excluding hydrogens is 333 g/mol. The van der Waals surface area contributed by atoms with Crippen molar-refractivity contribution >= 4 is 46.4 Å². The maximum atomic E-state index is 12.1. The Bertz CT molecular complexity index is 624. The quantitative estimate of drug-likeness (QED) is 0.842. The number of hydrogen-bond acceptors (Lipinski definition) is 2. The molecule has 1 unspecified atom stereocenters. The third-order valence-corrected chi connectivity index (χ3v) is 3.54. The molecule has 0 heterocycles. The first kappa shape index (κ1) is 16.0. The number of ether oxygens (including phenoxy) is 1. The zero-order valence-corrected chi connectivity index (χ0v) is 13.3. The minimum absolute atomic E-state index is 0.291. The largest absolute Gasteiger partial charge is 0.478 e. The molecule has 0 aliphatic heterocycles. The van der Waals surface area contributed by atoms with E-state index in [1.807, 2.05) is 0 Å². The van der Waals surface area contributed by atoms with Crippen LogP contribution in [0.25, 0.3) is 0 Å². The Labute approximate surface area is 137 Å². The van der Waals surface area contributed by atoms with Crippen LogP contribution in [0, 0.1) is 0 Å². The van der Waals surface area contributed by atoms with E-state index in [-0.39, 0.29) is 5.91 Å². The SMILES string of the molecule is CC(Oc1c(Cl)cccc1Cl)C(=O)Nc1ccc(Cl)cc1. The summed E-state index contributed by atoms with van der Waals surface area (Å²) >= 11 is 17.8. The minimum atomic E-state index is -0.752. The van der Waals surface area contributed by atoms with Crippen molar-refractivity contribution in [1.29, 1.82) is 0 Å². The van der Waals surface area contributed by atoms with E-state index in [1.54, 1.807) is 49.4 Å². The monoisotopic (exact) mass is 343 g/mol. The number of carbonyl (C=O) groups excluding carboxylic acids is 1. The Hall–Kier alpha value is -1.42. The summed E-state index contributed by atoms with van der Waals surface area (Å²) < 4.78 is 5.53. The van der Waals surface area contributed by atoms with Crippen LogP contribution in [0.5, 0.6) is 5.75 Å². The van der Waals surface area contributed by atoms with Crippen molar-refractivity contribution < 1.29 is 9.53 Å². The van der Waals surface area contributed by atoms with E-state index in [0.29, 0.717) is 26.5 Å². The Morgan fingerprint density at radius 1 is 1.05 bits per heavy atom. The highest BCUT2D eigenvalue weighted by atomic mass is 35.5. The van der Waals surface area contributed by atoms with Crippen LogP contribution < -0.4 is 10.1 Å². The van der Waals surface area contributed by atoms with Crippen molar-refractivity contribution in [3.63, 3.8) is 0 Å². The molecule has 6 heteroatoms. The summed E-state index contributed by atoms with van der Waals surface area (Å²) in [4.78, 5) is 12.1. The average molecular weight is 345 g/mol. The predicted octanol–water partition coefficient (Wildman–Crippen LogP) is 5.05. The first-order chi connectivity index (χ1) is 9.97. The van der Waals surface area contributed by atoms with Gasteiger partial charge in [-0.2, -0.15) is 0 Å². The lowest BCUT2D eigenvalue weighted by Crippen LogP contribution is -2.30. The van der Waals surface area contributed by atoms with Crippen molar-refractivity contribution in [1.82, 2.24) is 0 Å². The van der Waals surface area contributed by atoms with Gasteiger partial charge in [-0.15, -0.1) is 0 Å². The number of anilines is 1. The van der Waals surface area contributed by atoms with Crippen LogP contribution in [-0.2, 0) is 4.79 Å². The van der Waals surface area contributed by atoms with Gasteiger partial charge in [0, 0.05) is 10.7 Å². The summed E-state index contributed by atoms with van der Waals surface area (Å²) in [5.41, 5.74) is 0.630. The van der Waals surface area contributed by atoms with Gasteiger partial charge < -0.3 is 10.1 Å². The van der Waals surface area contributed by atoms with E-state index >= 15 is 0 Å². The highest BCUT2D eigenvalue weighted by Crippen LogP contribution is 2.33. The van der Waals surface area contributed by atoms with E-state index in [2.05, 4.69) is 5.32 Å². The fourth-order valence-corrected chi connectivity index (χ4v) is 2.22. The highest BCUT2D eigenvalue weighted by molar-refractivity contribution is 6.37. The molecule has 110 valence electrons. The highest BCUT2D eigenvalue weighted by Gasteiger charge is 2.18. The van der Waals surface area contributed by atoms with Crippen LogP contribution in [0.4, 0.5) is 5.69 Å². The molecule has 0 aliphatic rings. The van der Waals surface area contributed by atoms with Crippen LogP contribution in [0.15, 0.2) is 42.5 Å². The lowest BCUT2D eigenvalue weighted by molar-refractivity contribution is -0.122. The summed E-state index contributed by atoms with van der Waals surface area (Å²) in [6.07, 6.45) is -0.752. The van der Waals surface area contributed by atoms with Crippen molar-refractivity contribution in [3.05, 3.63) is 57.5 Å². The van der Waals surface area contributed by atoms with E-state index < -0.39 is 6.10 Å². The molecule has 0 fully saturated rings. The lowest BCUT2D eigenvalue weighted by atomic mass is 10.3. The van der Waals surface area contributed by atoms with Gasteiger partial charge in [-0.05, 0) is 43.3 Å². The molecule has 2 rings (SSSR count). The number of nitrogens with one attached hydrogen (secondary N) is 1. The van der Waals surface area contributed by atoms with Gasteiger partial charge >= 0.3 is 0 Å². The van der Waals surface area contributed by atoms with E-state index in [4.69, 9.17) is 39.5 Å². The molecule has 0 bridgehead atoms.